The minimum atomic E-state index is -4.01. The number of carbonyl (C=O) groups is 1. The Hall–Kier alpha value is -5.48. The van der Waals surface area contributed by atoms with Gasteiger partial charge in [0.1, 0.15) is 6.04 Å². The molecule has 2 aliphatic heterocycles. The Morgan fingerprint density at radius 3 is 2.10 bits per heavy atom. The van der Waals surface area contributed by atoms with E-state index in [0.29, 0.717) is 12.2 Å². The van der Waals surface area contributed by atoms with Crippen molar-refractivity contribution in [3.05, 3.63) is 165 Å². The van der Waals surface area contributed by atoms with Crippen molar-refractivity contribution in [2.75, 3.05) is 42.9 Å². The van der Waals surface area contributed by atoms with Crippen LogP contribution in [0.2, 0.25) is 0 Å². The number of non-ortho nitro benzene ring substituents is 1. The molecule has 2 heterocycles. The molecule has 0 bridgehead atoms. The molecule has 0 spiro atoms. The highest BCUT2D eigenvalue weighted by molar-refractivity contribution is 7.89. The molecule has 14 heteroatoms. The second-order valence-electron chi connectivity index (χ2n) is 15.2. The average molecular weight is 820 g/mol. The van der Waals surface area contributed by atoms with Crippen molar-refractivity contribution >= 4 is 33.0 Å². The Morgan fingerprint density at radius 1 is 0.831 bits per heavy atom. The molecule has 5 atom stereocenters. The van der Waals surface area contributed by atoms with Gasteiger partial charge >= 0.3 is 0 Å². The van der Waals surface area contributed by atoms with Crippen molar-refractivity contribution in [1.82, 2.24) is 9.62 Å². The molecule has 2 aliphatic rings. The van der Waals surface area contributed by atoms with Crippen molar-refractivity contribution in [3.63, 3.8) is 0 Å². The molecule has 2 saturated heterocycles. The first-order valence-electron chi connectivity index (χ1n) is 19.7. The predicted octanol–water partition coefficient (Wildman–Crippen LogP) is 6.54. The van der Waals surface area contributed by atoms with Crippen LogP contribution in [-0.4, -0.2) is 74.1 Å². The van der Waals surface area contributed by atoms with Gasteiger partial charge in [-0.25, -0.2) is 8.42 Å². The van der Waals surface area contributed by atoms with Crippen LogP contribution < -0.4 is 14.9 Å². The lowest BCUT2D eigenvalue weighted by Crippen LogP contribution is -2.51. The van der Waals surface area contributed by atoms with Gasteiger partial charge in [-0.15, -0.1) is 0 Å². The van der Waals surface area contributed by atoms with Crippen molar-refractivity contribution in [1.29, 1.82) is 0 Å². The highest BCUT2D eigenvalue weighted by atomic mass is 32.2. The maximum atomic E-state index is 13.8. The zero-order valence-electron chi connectivity index (χ0n) is 33.0. The van der Waals surface area contributed by atoms with Crippen LogP contribution in [0.4, 0.5) is 17.1 Å². The molecule has 0 aromatic heterocycles. The molecular weight excluding hydrogens is 771 g/mol. The first kappa shape index (κ1) is 41.7. The van der Waals surface area contributed by atoms with Gasteiger partial charge in [-0.3, -0.25) is 19.8 Å². The highest BCUT2D eigenvalue weighted by Gasteiger charge is 2.39. The normalized spacial score (nSPS) is 20.5. The number of aliphatic hydroxyl groups is 1. The Balaban J connectivity index is 1.05. The summed E-state index contributed by atoms with van der Waals surface area (Å²) < 4.78 is 42.8. The number of hydrogen-bond acceptors (Lipinski definition) is 10. The third kappa shape index (κ3) is 10.4. The molecule has 3 N–H and O–H groups in total. The minimum absolute atomic E-state index is 0.0253. The van der Waals surface area contributed by atoms with E-state index in [2.05, 4.69) is 26.8 Å². The molecule has 0 saturated carbocycles. The molecule has 0 radical (unpaired) electrons. The molecular formula is C45H49N5O8S. The number of hydrogen-bond donors (Lipinski definition) is 3. The number of carbonyl (C=O) groups excluding carboxylic acids is 1. The smallest absolute Gasteiger partial charge is 0.269 e. The molecule has 59 heavy (non-hydrogen) atoms. The number of nitrogens with zero attached hydrogens (tertiary/aromatic N) is 3. The van der Waals surface area contributed by atoms with E-state index in [1.165, 1.54) is 24.3 Å². The van der Waals surface area contributed by atoms with Crippen molar-refractivity contribution in [2.24, 2.45) is 5.92 Å². The average Bonchev–Trinajstić information content (AvgIpc) is 3.25. The van der Waals surface area contributed by atoms with Crippen molar-refractivity contribution in [3.8, 4) is 0 Å². The number of piperazine rings is 1. The van der Waals surface area contributed by atoms with Gasteiger partial charge in [-0.1, -0.05) is 91.3 Å². The Morgan fingerprint density at radius 2 is 1.47 bits per heavy atom. The van der Waals surface area contributed by atoms with E-state index in [-0.39, 0.29) is 41.7 Å². The summed E-state index contributed by atoms with van der Waals surface area (Å²) in [6, 6.07) is 36.2. The van der Waals surface area contributed by atoms with Crippen LogP contribution in [-0.2, 0) is 37.3 Å². The summed E-state index contributed by atoms with van der Waals surface area (Å²) in [4.78, 5) is 29.2. The van der Waals surface area contributed by atoms with Crippen LogP contribution in [0.25, 0.3) is 0 Å². The van der Waals surface area contributed by atoms with E-state index in [4.69, 9.17) is 9.47 Å². The Labute approximate surface area is 344 Å². The number of anilines is 2. The fourth-order valence-electron chi connectivity index (χ4n) is 7.52. The van der Waals surface area contributed by atoms with Crippen molar-refractivity contribution < 1.29 is 32.7 Å². The van der Waals surface area contributed by atoms with Gasteiger partial charge < -0.3 is 24.8 Å². The number of nitrogens with one attached hydrogen (secondary N) is 2. The summed E-state index contributed by atoms with van der Waals surface area (Å²) in [5.41, 5.74) is 5.75. The molecule has 0 aliphatic carbocycles. The predicted molar refractivity (Wildman–Crippen MR) is 225 cm³/mol. The summed E-state index contributed by atoms with van der Waals surface area (Å²) >= 11 is 0. The van der Waals surface area contributed by atoms with E-state index in [9.17, 15) is 28.4 Å². The van der Waals surface area contributed by atoms with Gasteiger partial charge in [0.25, 0.3) is 5.69 Å². The highest BCUT2D eigenvalue weighted by Crippen LogP contribution is 2.42. The first-order chi connectivity index (χ1) is 28.4. The number of nitro groups is 1. The lowest BCUT2D eigenvalue weighted by atomic mass is 9.90. The van der Waals surface area contributed by atoms with E-state index in [1.807, 2.05) is 73.7 Å². The molecule has 5 aromatic carbocycles. The summed E-state index contributed by atoms with van der Waals surface area (Å²) in [6.45, 7) is 7.69. The van der Waals surface area contributed by atoms with Crippen LogP contribution in [0.3, 0.4) is 0 Å². The quantitative estimate of drug-likeness (QED) is 0.0829. The number of aliphatic hydroxyl groups excluding tert-OH is 1. The largest absolute Gasteiger partial charge is 0.392 e. The minimum Gasteiger partial charge on any atom is -0.392 e. The number of sulfonamides is 1. The maximum absolute atomic E-state index is 13.8. The number of ether oxygens (including phenoxy) is 2. The second-order valence-corrected chi connectivity index (χ2v) is 16.9. The standard InChI is InChI=1S/C45H49N5O8S/c1-31-8-22-40(23-9-31)59(55,56)47-41(28-33-6-4-3-5-7-33)44(52)46-37-16-14-36(15-17-37)45-57-42(32(2)43(58-45)35-12-10-34(30-51)11-13-35)29-48-24-26-49(27-25-48)38-18-20-39(21-19-38)50(53)54/h3-23,32,41-43,45,47,51H,24-30H2,1-2H3,(H,46,52)/t32-,41-,42+,43+,45+/m1/s1. The summed E-state index contributed by atoms with van der Waals surface area (Å²) in [5.74, 6) is -0.529. The first-order valence-corrected chi connectivity index (χ1v) is 21.2. The molecule has 1 amide bonds. The Bertz CT molecular complexity index is 2290. The lowest BCUT2D eigenvalue weighted by Gasteiger charge is -2.44. The molecule has 2 fully saturated rings. The van der Waals surface area contributed by atoms with Crippen LogP contribution in [0.5, 0.6) is 0 Å². The SMILES string of the molecule is Cc1ccc(S(=O)(=O)N[C@H](Cc2ccccc2)C(=O)Nc2ccc([C@H]3O[C@@H](CN4CCN(c5ccc([N+](=O)[O-])cc5)CC4)[C@@H](C)[C@@H](c4ccc(CO)cc4)O3)cc2)cc1. The number of nitro benzene ring substituents is 1. The summed E-state index contributed by atoms with van der Waals surface area (Å²) in [7, 11) is -4.01. The lowest BCUT2D eigenvalue weighted by molar-refractivity contribution is -0.384. The van der Waals surface area contributed by atoms with Crippen LogP contribution in [0.15, 0.2) is 132 Å². The number of aryl methyl sites for hydroxylation is 1. The van der Waals surface area contributed by atoms with Gasteiger partial charge in [-0.05, 0) is 66.4 Å². The molecule has 7 rings (SSSR count). The maximum Gasteiger partial charge on any atom is 0.269 e. The van der Waals surface area contributed by atoms with Crippen LogP contribution >= 0.6 is 0 Å². The molecule has 308 valence electrons. The second kappa shape index (κ2) is 18.6. The third-order valence-corrected chi connectivity index (χ3v) is 12.5. The number of amides is 1. The van der Waals surface area contributed by atoms with E-state index >= 15 is 0 Å². The van der Waals surface area contributed by atoms with Crippen LogP contribution in [0, 0.1) is 23.0 Å². The fraction of sp³-hybridized carbons (Fsp3) is 0.311. The van der Waals surface area contributed by atoms with Gasteiger partial charge in [0, 0.05) is 67.7 Å². The Kier molecular flexibility index (Phi) is 13.2. The molecule has 13 nitrogen and oxygen atoms in total. The topological polar surface area (TPSA) is 164 Å². The molecule has 0 unspecified atom stereocenters. The monoisotopic (exact) mass is 819 g/mol. The summed E-state index contributed by atoms with van der Waals surface area (Å²) in [6.07, 6.45) is -1.10. The van der Waals surface area contributed by atoms with Crippen LogP contribution in [0.1, 0.15) is 47.1 Å². The number of benzene rings is 5. The van der Waals surface area contributed by atoms with Gasteiger partial charge in [-0.2, -0.15) is 4.72 Å². The van der Waals surface area contributed by atoms with Gasteiger partial charge in [0.05, 0.1) is 28.6 Å². The van der Waals surface area contributed by atoms with E-state index in [0.717, 1.165) is 59.7 Å². The van der Waals surface area contributed by atoms with E-state index in [1.54, 1.807) is 36.4 Å². The zero-order chi connectivity index (χ0) is 41.5. The summed E-state index contributed by atoms with van der Waals surface area (Å²) in [5, 5.41) is 23.7. The molecule has 5 aromatic rings. The van der Waals surface area contributed by atoms with Gasteiger partial charge in [0.2, 0.25) is 15.9 Å². The van der Waals surface area contributed by atoms with Crippen molar-refractivity contribution in [2.45, 2.75) is 56.3 Å². The third-order valence-electron chi connectivity index (χ3n) is 11.0. The van der Waals surface area contributed by atoms with E-state index < -0.39 is 33.2 Å². The fourth-order valence-corrected chi connectivity index (χ4v) is 8.72. The number of rotatable bonds is 14. The zero-order valence-corrected chi connectivity index (χ0v) is 33.8. The van der Waals surface area contributed by atoms with Gasteiger partial charge in [0.15, 0.2) is 6.29 Å².